The molecule has 0 aliphatic heterocycles. The largest absolute Gasteiger partial charge is 0.319 e. The molecule has 124 valence electrons. The predicted molar refractivity (Wildman–Crippen MR) is 99.9 cm³/mol. The molecule has 7 heteroatoms. The van der Waals surface area contributed by atoms with Crippen molar-refractivity contribution in [1.29, 1.82) is 0 Å². The van der Waals surface area contributed by atoms with E-state index in [1.807, 2.05) is 56.3 Å². The third-order valence-electron chi connectivity index (χ3n) is 3.91. The molecule has 4 rings (SSSR count). The van der Waals surface area contributed by atoms with Gasteiger partial charge in [0.05, 0.1) is 0 Å². The highest BCUT2D eigenvalue weighted by atomic mass is 79.9. The Bertz CT molecular complexity index is 1140. The summed E-state index contributed by atoms with van der Waals surface area (Å²) < 4.78 is 2.58. The lowest BCUT2D eigenvalue weighted by Gasteiger charge is -2.05. The number of hydrogen-bond donors (Lipinski definition) is 1. The third kappa shape index (κ3) is 2.87. The number of nitrogens with zero attached hydrogens (tertiary/aromatic N) is 4. The molecule has 0 spiro atoms. The molecule has 0 saturated heterocycles. The third-order valence-corrected chi connectivity index (χ3v) is 4.60. The molecule has 1 amide bonds. The molecule has 0 saturated carbocycles. The maximum absolute atomic E-state index is 12.5. The summed E-state index contributed by atoms with van der Waals surface area (Å²) >= 11 is 3.52. The zero-order valence-electron chi connectivity index (χ0n) is 13.6. The van der Waals surface area contributed by atoms with Crippen molar-refractivity contribution in [3.63, 3.8) is 0 Å². The highest BCUT2D eigenvalue weighted by Gasteiger charge is 2.15. The van der Waals surface area contributed by atoms with Crippen LogP contribution in [0.2, 0.25) is 0 Å². The van der Waals surface area contributed by atoms with Gasteiger partial charge in [0.25, 0.3) is 11.7 Å². The summed E-state index contributed by atoms with van der Waals surface area (Å²) in [5, 5.41) is 9.21. The maximum atomic E-state index is 12.5. The molecule has 2 aromatic carbocycles. The van der Waals surface area contributed by atoms with Crippen molar-refractivity contribution in [3.05, 3.63) is 64.1 Å². The van der Waals surface area contributed by atoms with E-state index >= 15 is 0 Å². The average Bonchev–Trinajstić information content (AvgIpc) is 2.99. The molecule has 1 N–H and O–H groups in total. The van der Waals surface area contributed by atoms with Crippen LogP contribution in [0.1, 0.15) is 22.0 Å². The van der Waals surface area contributed by atoms with Crippen LogP contribution in [0.25, 0.3) is 16.6 Å². The van der Waals surface area contributed by atoms with Gasteiger partial charge in [-0.1, -0.05) is 34.1 Å². The van der Waals surface area contributed by atoms with Crippen molar-refractivity contribution in [2.45, 2.75) is 13.8 Å². The van der Waals surface area contributed by atoms with Gasteiger partial charge in [-0.2, -0.15) is 4.98 Å². The summed E-state index contributed by atoms with van der Waals surface area (Å²) in [6.07, 6.45) is 0. The Morgan fingerprint density at radius 2 is 1.96 bits per heavy atom. The average molecular weight is 396 g/mol. The van der Waals surface area contributed by atoms with Crippen molar-refractivity contribution >= 4 is 44.1 Å². The number of carbonyl (C=O) groups excluding carboxylic acids is 1. The van der Waals surface area contributed by atoms with Crippen LogP contribution < -0.4 is 5.32 Å². The lowest BCUT2D eigenvalue weighted by molar-refractivity contribution is 0.101. The van der Waals surface area contributed by atoms with Crippen LogP contribution in [-0.2, 0) is 0 Å². The van der Waals surface area contributed by atoms with Crippen molar-refractivity contribution in [3.8, 4) is 0 Å². The van der Waals surface area contributed by atoms with E-state index in [1.165, 1.54) is 0 Å². The van der Waals surface area contributed by atoms with Gasteiger partial charge in [0.15, 0.2) is 0 Å². The number of hydrogen-bond acceptors (Lipinski definition) is 4. The fraction of sp³-hybridized carbons (Fsp3) is 0.111. The lowest BCUT2D eigenvalue weighted by Crippen LogP contribution is -2.14. The quantitative estimate of drug-likeness (QED) is 0.558. The minimum atomic E-state index is -0.364. The van der Waals surface area contributed by atoms with Crippen molar-refractivity contribution < 1.29 is 4.79 Å². The second-order valence-electron chi connectivity index (χ2n) is 5.82. The van der Waals surface area contributed by atoms with Crippen LogP contribution in [0, 0.1) is 13.8 Å². The Morgan fingerprint density at radius 1 is 1.12 bits per heavy atom. The van der Waals surface area contributed by atoms with Gasteiger partial charge >= 0.3 is 0 Å². The smallest absolute Gasteiger partial charge is 0.295 e. The van der Waals surface area contributed by atoms with Crippen LogP contribution in [0.4, 0.5) is 5.69 Å². The van der Waals surface area contributed by atoms with E-state index in [-0.39, 0.29) is 11.7 Å². The minimum absolute atomic E-state index is 0.0931. The predicted octanol–water partition coefficient (Wildman–Crippen LogP) is 3.91. The zero-order valence-corrected chi connectivity index (χ0v) is 15.2. The fourth-order valence-electron chi connectivity index (χ4n) is 2.77. The Hall–Kier alpha value is -2.80. The molecular formula is C18H14BrN5O. The van der Waals surface area contributed by atoms with Gasteiger partial charge < -0.3 is 5.32 Å². The number of anilines is 1. The van der Waals surface area contributed by atoms with E-state index in [9.17, 15) is 4.79 Å². The SMILES string of the molecule is Cc1cc(C)n2nc(C(=O)Nc3ccc4c(Br)cccc4c3)nc2n1. The zero-order chi connectivity index (χ0) is 17.6. The molecule has 4 aromatic rings. The van der Waals surface area contributed by atoms with E-state index in [0.29, 0.717) is 11.5 Å². The van der Waals surface area contributed by atoms with E-state index in [4.69, 9.17) is 0 Å². The molecule has 25 heavy (non-hydrogen) atoms. The van der Waals surface area contributed by atoms with Crippen LogP contribution in [0.15, 0.2) is 46.9 Å². The minimum Gasteiger partial charge on any atom is -0.319 e. The summed E-state index contributed by atoms with van der Waals surface area (Å²) in [7, 11) is 0. The molecule has 0 unspecified atom stereocenters. The van der Waals surface area contributed by atoms with Gasteiger partial charge in [0.2, 0.25) is 5.82 Å². The van der Waals surface area contributed by atoms with Crippen molar-refractivity contribution in [1.82, 2.24) is 19.6 Å². The van der Waals surface area contributed by atoms with Gasteiger partial charge in [0.1, 0.15) is 0 Å². The first kappa shape index (κ1) is 15.7. The summed E-state index contributed by atoms with van der Waals surface area (Å²) in [6, 6.07) is 13.6. The van der Waals surface area contributed by atoms with Crippen LogP contribution in [0.3, 0.4) is 0 Å². The Balaban J connectivity index is 1.67. The molecule has 2 aromatic heterocycles. The number of aromatic nitrogens is 4. The Kier molecular flexibility index (Phi) is 3.73. The number of benzene rings is 2. The Morgan fingerprint density at radius 3 is 2.80 bits per heavy atom. The Labute approximate surface area is 152 Å². The number of aryl methyl sites for hydroxylation is 2. The normalized spacial score (nSPS) is 11.2. The number of halogens is 1. The van der Waals surface area contributed by atoms with E-state index < -0.39 is 0 Å². The molecule has 6 nitrogen and oxygen atoms in total. The second kappa shape index (κ2) is 5.93. The van der Waals surface area contributed by atoms with Crippen LogP contribution in [-0.4, -0.2) is 25.5 Å². The van der Waals surface area contributed by atoms with Gasteiger partial charge in [-0.25, -0.2) is 9.50 Å². The van der Waals surface area contributed by atoms with Crippen LogP contribution in [0.5, 0.6) is 0 Å². The van der Waals surface area contributed by atoms with E-state index in [2.05, 4.69) is 36.3 Å². The monoisotopic (exact) mass is 395 g/mol. The van der Waals surface area contributed by atoms with Crippen molar-refractivity contribution in [2.75, 3.05) is 5.32 Å². The van der Waals surface area contributed by atoms with Crippen molar-refractivity contribution in [2.24, 2.45) is 0 Å². The molecular weight excluding hydrogens is 382 g/mol. The maximum Gasteiger partial charge on any atom is 0.295 e. The van der Waals surface area contributed by atoms with Gasteiger partial charge in [-0.15, -0.1) is 5.10 Å². The van der Waals surface area contributed by atoms with Crippen LogP contribution >= 0.6 is 15.9 Å². The standard InChI is InChI=1S/C18H14BrN5O/c1-10-8-11(2)24-18(20-10)22-16(23-24)17(25)21-13-6-7-14-12(9-13)4-3-5-15(14)19/h3-9H,1-2H3,(H,21,25). The van der Waals surface area contributed by atoms with Gasteiger partial charge in [-0.05, 0) is 48.9 Å². The first-order chi connectivity index (χ1) is 12.0. The summed E-state index contributed by atoms with van der Waals surface area (Å²) in [4.78, 5) is 21.0. The molecule has 0 atom stereocenters. The first-order valence-electron chi connectivity index (χ1n) is 7.72. The molecule has 0 bridgehead atoms. The molecule has 2 heterocycles. The number of fused-ring (bicyclic) bond motifs is 2. The summed E-state index contributed by atoms with van der Waals surface area (Å²) in [5.74, 6) is 0.150. The number of rotatable bonds is 2. The lowest BCUT2D eigenvalue weighted by atomic mass is 10.1. The van der Waals surface area contributed by atoms with Gasteiger partial charge in [0, 0.05) is 21.5 Å². The summed E-state index contributed by atoms with van der Waals surface area (Å²) in [6.45, 7) is 3.79. The van der Waals surface area contributed by atoms with E-state index in [1.54, 1.807) is 4.52 Å². The molecule has 0 radical (unpaired) electrons. The van der Waals surface area contributed by atoms with E-state index in [0.717, 1.165) is 26.6 Å². The molecule has 0 aliphatic rings. The topological polar surface area (TPSA) is 72.2 Å². The molecule has 0 fully saturated rings. The number of nitrogens with one attached hydrogen (secondary N) is 1. The second-order valence-corrected chi connectivity index (χ2v) is 6.67. The number of amides is 1. The fourth-order valence-corrected chi connectivity index (χ4v) is 3.29. The number of carbonyl (C=O) groups is 1. The molecule has 0 aliphatic carbocycles. The summed E-state index contributed by atoms with van der Waals surface area (Å²) in [5.41, 5.74) is 2.41. The highest BCUT2D eigenvalue weighted by molar-refractivity contribution is 9.10. The first-order valence-corrected chi connectivity index (χ1v) is 8.51. The van der Waals surface area contributed by atoms with Gasteiger partial charge in [-0.3, -0.25) is 4.79 Å². The highest BCUT2D eigenvalue weighted by Crippen LogP contribution is 2.26.